The van der Waals surface area contributed by atoms with Crippen LogP contribution in [0.5, 0.6) is 11.5 Å². The summed E-state index contributed by atoms with van der Waals surface area (Å²) in [4.78, 5) is 0. The van der Waals surface area contributed by atoms with Crippen LogP contribution in [0.4, 0.5) is 0 Å². The maximum absolute atomic E-state index is 5.33. The summed E-state index contributed by atoms with van der Waals surface area (Å²) in [6.45, 7) is 2.06. The van der Waals surface area contributed by atoms with Gasteiger partial charge in [0.05, 0.1) is 14.2 Å². The zero-order chi connectivity index (χ0) is 11.3. The topological polar surface area (TPSA) is 18.5 Å². The summed E-state index contributed by atoms with van der Waals surface area (Å²) in [5.74, 6) is 1.54. The Hall–Kier alpha value is -0.960. The predicted octanol–water partition coefficient (Wildman–Crippen LogP) is 3.50. The van der Waals surface area contributed by atoms with Crippen molar-refractivity contribution in [2.45, 2.75) is 6.92 Å². The predicted molar refractivity (Wildman–Crippen MR) is 67.0 cm³/mol. The average Bonchev–Trinajstić information content (AvgIpc) is 2.28. The molecule has 0 fully saturated rings. The molecule has 0 saturated heterocycles. The van der Waals surface area contributed by atoms with Gasteiger partial charge in [0.25, 0.3) is 0 Å². The van der Waals surface area contributed by atoms with Crippen molar-refractivity contribution in [2.75, 3.05) is 19.5 Å². The minimum Gasteiger partial charge on any atom is -0.493 e. The van der Waals surface area contributed by atoms with Crippen molar-refractivity contribution in [3.8, 4) is 11.5 Å². The molecule has 2 nitrogen and oxygen atoms in total. The molecule has 3 heteroatoms. The summed E-state index contributed by atoms with van der Waals surface area (Å²) in [6.07, 6.45) is 2.08. The molecule has 0 amide bonds. The lowest BCUT2D eigenvalue weighted by Crippen LogP contribution is -1.93. The Bertz CT molecular complexity index is 359. The third-order valence-electron chi connectivity index (χ3n) is 2.05. The van der Waals surface area contributed by atoms with E-state index in [2.05, 4.69) is 28.9 Å². The van der Waals surface area contributed by atoms with Gasteiger partial charge in [-0.1, -0.05) is 39.7 Å². The molecule has 1 aromatic rings. The highest BCUT2D eigenvalue weighted by Crippen LogP contribution is 2.32. The van der Waals surface area contributed by atoms with Crippen LogP contribution in [0, 0.1) is 0 Å². The summed E-state index contributed by atoms with van der Waals surface area (Å²) in [6, 6.07) is 5.85. The van der Waals surface area contributed by atoms with Crippen LogP contribution in [-0.2, 0) is 0 Å². The molecule has 0 bridgehead atoms. The molecule has 0 heterocycles. The minimum absolute atomic E-state index is 0.758. The first kappa shape index (κ1) is 12.1. The van der Waals surface area contributed by atoms with E-state index in [4.69, 9.17) is 9.47 Å². The maximum Gasteiger partial charge on any atom is 0.167 e. The number of halogens is 1. The largest absolute Gasteiger partial charge is 0.493 e. The van der Waals surface area contributed by atoms with Crippen molar-refractivity contribution >= 4 is 22.0 Å². The van der Waals surface area contributed by atoms with Crippen molar-refractivity contribution in [1.82, 2.24) is 0 Å². The second-order valence-corrected chi connectivity index (χ2v) is 3.77. The lowest BCUT2D eigenvalue weighted by molar-refractivity contribution is 0.354. The molecule has 0 aliphatic carbocycles. The van der Waals surface area contributed by atoms with E-state index in [1.54, 1.807) is 14.2 Å². The van der Waals surface area contributed by atoms with Crippen LogP contribution in [0.2, 0.25) is 0 Å². The number of para-hydroxylation sites is 1. The number of ether oxygens (including phenoxy) is 2. The van der Waals surface area contributed by atoms with Gasteiger partial charge in [-0.25, -0.2) is 0 Å². The van der Waals surface area contributed by atoms with Crippen LogP contribution in [0.15, 0.2) is 23.8 Å². The first-order valence-corrected chi connectivity index (χ1v) is 5.79. The van der Waals surface area contributed by atoms with Gasteiger partial charge < -0.3 is 9.47 Å². The highest BCUT2D eigenvalue weighted by atomic mass is 79.9. The van der Waals surface area contributed by atoms with Gasteiger partial charge in [-0.3, -0.25) is 0 Å². The molecule has 0 saturated carbocycles. The number of benzene rings is 1. The first-order chi connectivity index (χ1) is 7.22. The molecule has 0 aromatic heterocycles. The zero-order valence-electron chi connectivity index (χ0n) is 9.21. The van der Waals surface area contributed by atoms with Crippen LogP contribution < -0.4 is 9.47 Å². The Morgan fingerprint density at radius 1 is 1.33 bits per heavy atom. The van der Waals surface area contributed by atoms with Crippen LogP contribution >= 0.6 is 15.9 Å². The highest BCUT2D eigenvalue weighted by molar-refractivity contribution is 9.09. The van der Waals surface area contributed by atoms with E-state index in [0.717, 1.165) is 22.4 Å². The fourth-order valence-corrected chi connectivity index (χ4v) is 1.49. The summed E-state index contributed by atoms with van der Waals surface area (Å²) in [5, 5.41) is 0.855. The molecule has 0 radical (unpaired) electrons. The number of hydrogen-bond acceptors (Lipinski definition) is 2. The van der Waals surface area contributed by atoms with Gasteiger partial charge in [0.15, 0.2) is 11.5 Å². The molecule has 0 aliphatic rings. The number of rotatable bonds is 4. The van der Waals surface area contributed by atoms with Crippen molar-refractivity contribution in [3.05, 3.63) is 29.3 Å². The van der Waals surface area contributed by atoms with Crippen molar-refractivity contribution in [1.29, 1.82) is 0 Å². The maximum atomic E-state index is 5.33. The Balaban J connectivity index is 3.17. The number of hydrogen-bond donors (Lipinski definition) is 0. The molecule has 1 rings (SSSR count). The minimum atomic E-state index is 0.758. The molecule has 82 valence electrons. The van der Waals surface area contributed by atoms with E-state index in [1.165, 1.54) is 5.57 Å². The van der Waals surface area contributed by atoms with Gasteiger partial charge in [-0.05, 0) is 13.0 Å². The molecular weight excluding hydrogens is 256 g/mol. The molecule has 0 unspecified atom stereocenters. The molecule has 0 aliphatic heterocycles. The van der Waals surface area contributed by atoms with E-state index in [0.29, 0.717) is 0 Å². The quantitative estimate of drug-likeness (QED) is 0.780. The Morgan fingerprint density at radius 2 is 2.07 bits per heavy atom. The third-order valence-corrected chi connectivity index (χ3v) is 2.93. The summed E-state index contributed by atoms with van der Waals surface area (Å²) < 4.78 is 10.6. The van der Waals surface area contributed by atoms with Crippen molar-refractivity contribution in [3.63, 3.8) is 0 Å². The van der Waals surface area contributed by atoms with Crippen molar-refractivity contribution < 1.29 is 9.47 Å². The van der Waals surface area contributed by atoms with Crippen LogP contribution in [0.3, 0.4) is 0 Å². The van der Waals surface area contributed by atoms with Gasteiger partial charge in [0.1, 0.15) is 0 Å². The standard InChI is InChI=1S/C12H15BrO2/c1-9(8-13)7-10-5-4-6-11(14-2)12(10)15-3/h4-7H,8H2,1-3H3. The Kier molecular flexibility index (Phi) is 4.69. The summed E-state index contributed by atoms with van der Waals surface area (Å²) in [7, 11) is 3.29. The Labute approximate surface area is 99.0 Å². The molecule has 1 aromatic carbocycles. The first-order valence-electron chi connectivity index (χ1n) is 4.67. The third kappa shape index (κ3) is 2.99. The zero-order valence-corrected chi connectivity index (χ0v) is 10.8. The SMILES string of the molecule is COc1cccc(C=C(C)CBr)c1OC. The molecular formula is C12H15BrO2. The fourth-order valence-electron chi connectivity index (χ4n) is 1.33. The van der Waals surface area contributed by atoms with Gasteiger partial charge in [0.2, 0.25) is 0 Å². The number of allylic oxidation sites excluding steroid dienone is 1. The number of methoxy groups -OCH3 is 2. The molecule has 0 N–H and O–H groups in total. The van der Waals surface area contributed by atoms with Crippen LogP contribution in [0.25, 0.3) is 6.08 Å². The smallest absolute Gasteiger partial charge is 0.167 e. The van der Waals surface area contributed by atoms with E-state index in [1.807, 2.05) is 18.2 Å². The fraction of sp³-hybridized carbons (Fsp3) is 0.333. The highest BCUT2D eigenvalue weighted by Gasteiger charge is 2.06. The summed E-state index contributed by atoms with van der Waals surface area (Å²) >= 11 is 3.41. The summed E-state index contributed by atoms with van der Waals surface area (Å²) in [5.41, 5.74) is 2.27. The second kappa shape index (κ2) is 5.81. The van der Waals surface area contributed by atoms with E-state index in [-0.39, 0.29) is 0 Å². The van der Waals surface area contributed by atoms with Gasteiger partial charge in [-0.15, -0.1) is 0 Å². The Morgan fingerprint density at radius 3 is 2.60 bits per heavy atom. The molecule has 0 spiro atoms. The average molecular weight is 271 g/mol. The lowest BCUT2D eigenvalue weighted by atomic mass is 10.1. The van der Waals surface area contributed by atoms with Gasteiger partial charge in [0, 0.05) is 10.9 Å². The van der Waals surface area contributed by atoms with E-state index >= 15 is 0 Å². The number of alkyl halides is 1. The van der Waals surface area contributed by atoms with Crippen LogP contribution in [0.1, 0.15) is 12.5 Å². The monoisotopic (exact) mass is 270 g/mol. The van der Waals surface area contributed by atoms with E-state index in [9.17, 15) is 0 Å². The molecule has 15 heavy (non-hydrogen) atoms. The lowest BCUT2D eigenvalue weighted by Gasteiger charge is -2.10. The van der Waals surface area contributed by atoms with E-state index < -0.39 is 0 Å². The van der Waals surface area contributed by atoms with Gasteiger partial charge >= 0.3 is 0 Å². The second-order valence-electron chi connectivity index (χ2n) is 3.21. The normalized spacial score (nSPS) is 11.3. The van der Waals surface area contributed by atoms with Gasteiger partial charge in [-0.2, -0.15) is 0 Å². The van der Waals surface area contributed by atoms with Crippen LogP contribution in [-0.4, -0.2) is 19.5 Å². The molecule has 0 atom stereocenters. The van der Waals surface area contributed by atoms with Crippen molar-refractivity contribution in [2.24, 2.45) is 0 Å².